The number of carbonyl (C=O) groups is 2. The normalized spacial score (nSPS) is 24.2. The summed E-state index contributed by atoms with van der Waals surface area (Å²) in [7, 11) is 0. The Bertz CT molecular complexity index is 595. The van der Waals surface area contributed by atoms with E-state index in [0.717, 1.165) is 56.7 Å². The molecule has 6 nitrogen and oxygen atoms in total. The predicted octanol–water partition coefficient (Wildman–Crippen LogP) is 1.41. The highest BCUT2D eigenvalue weighted by Gasteiger charge is 2.28. The molecule has 6 heteroatoms. The van der Waals surface area contributed by atoms with Crippen molar-refractivity contribution >= 4 is 11.8 Å². The number of fused-ring (bicyclic) bond motifs is 1. The second-order valence-electron chi connectivity index (χ2n) is 6.82. The van der Waals surface area contributed by atoms with E-state index >= 15 is 0 Å². The van der Waals surface area contributed by atoms with Gasteiger partial charge in [-0.1, -0.05) is 0 Å². The van der Waals surface area contributed by atoms with Crippen LogP contribution in [0.3, 0.4) is 0 Å². The van der Waals surface area contributed by atoms with Crippen LogP contribution in [0.2, 0.25) is 0 Å². The molecular weight excluding hydrogens is 292 g/mol. The van der Waals surface area contributed by atoms with Crippen LogP contribution >= 0.6 is 0 Å². The lowest BCUT2D eigenvalue weighted by Gasteiger charge is -2.35. The third-order valence-electron chi connectivity index (χ3n) is 4.93. The van der Waals surface area contributed by atoms with Crippen LogP contribution in [0.15, 0.2) is 6.20 Å². The first-order valence-electron chi connectivity index (χ1n) is 8.62. The molecule has 1 aromatic heterocycles. The molecule has 3 rings (SSSR count). The molecule has 0 spiro atoms. The van der Waals surface area contributed by atoms with E-state index in [1.807, 2.05) is 18.0 Å². The maximum Gasteiger partial charge on any atom is 0.222 e. The summed E-state index contributed by atoms with van der Waals surface area (Å²) in [5.41, 5.74) is 1.03. The summed E-state index contributed by atoms with van der Waals surface area (Å²) in [6.07, 6.45) is 7.39. The van der Waals surface area contributed by atoms with Gasteiger partial charge in [0.2, 0.25) is 11.8 Å². The summed E-state index contributed by atoms with van der Waals surface area (Å²) < 4.78 is 2.15. The molecule has 2 amide bonds. The molecular formula is C17H26N4O2. The molecule has 1 N–H and O–H groups in total. The van der Waals surface area contributed by atoms with Crippen molar-refractivity contribution in [2.24, 2.45) is 0 Å². The third kappa shape index (κ3) is 3.74. The van der Waals surface area contributed by atoms with Crippen molar-refractivity contribution in [2.45, 2.75) is 71.0 Å². The number of imidazole rings is 1. The van der Waals surface area contributed by atoms with E-state index in [1.54, 1.807) is 6.92 Å². The fourth-order valence-corrected chi connectivity index (χ4v) is 3.83. The van der Waals surface area contributed by atoms with Crippen LogP contribution in [0, 0.1) is 6.92 Å². The Morgan fingerprint density at radius 1 is 1.35 bits per heavy atom. The van der Waals surface area contributed by atoms with E-state index in [2.05, 4.69) is 14.9 Å². The van der Waals surface area contributed by atoms with Crippen LogP contribution in [0.5, 0.6) is 0 Å². The maximum atomic E-state index is 12.4. The Morgan fingerprint density at radius 2 is 2.17 bits per heavy atom. The molecule has 126 valence electrons. The molecule has 0 radical (unpaired) electrons. The fraction of sp³-hybridized carbons (Fsp3) is 0.706. The molecule has 1 aromatic rings. The molecule has 1 fully saturated rings. The van der Waals surface area contributed by atoms with Crippen LogP contribution in [-0.2, 0) is 22.6 Å². The van der Waals surface area contributed by atoms with Gasteiger partial charge in [-0.05, 0) is 32.6 Å². The number of aromatic nitrogens is 2. The van der Waals surface area contributed by atoms with Gasteiger partial charge in [-0.25, -0.2) is 4.98 Å². The molecule has 23 heavy (non-hydrogen) atoms. The van der Waals surface area contributed by atoms with Gasteiger partial charge in [-0.2, -0.15) is 0 Å². The van der Waals surface area contributed by atoms with Crippen molar-refractivity contribution in [3.63, 3.8) is 0 Å². The number of aryl methyl sites for hydroxylation is 2. The van der Waals surface area contributed by atoms with E-state index in [0.29, 0.717) is 6.42 Å². The standard InChI is InChI=1S/C17H26N4O2/c1-12-10-20-11-14(6-7-16(20)18-12)19-17(23)9-15-5-3-4-8-21(15)13(2)22/h10,14-15H,3-9,11H2,1-2H3,(H,19,23)/t14-,15+/m1/s1. The number of hydrogen-bond acceptors (Lipinski definition) is 3. The first kappa shape index (κ1) is 16.0. The third-order valence-corrected chi connectivity index (χ3v) is 4.93. The monoisotopic (exact) mass is 318 g/mol. The minimum absolute atomic E-state index is 0.0634. The first-order valence-corrected chi connectivity index (χ1v) is 8.62. The number of nitrogens with zero attached hydrogens (tertiary/aromatic N) is 3. The highest BCUT2D eigenvalue weighted by molar-refractivity contribution is 5.79. The number of hydrogen-bond donors (Lipinski definition) is 1. The Morgan fingerprint density at radius 3 is 2.96 bits per heavy atom. The lowest BCUT2D eigenvalue weighted by molar-refractivity contribution is -0.134. The van der Waals surface area contributed by atoms with Gasteiger partial charge in [0.25, 0.3) is 0 Å². The molecule has 3 heterocycles. The molecule has 1 saturated heterocycles. The maximum absolute atomic E-state index is 12.4. The highest BCUT2D eigenvalue weighted by atomic mass is 16.2. The quantitative estimate of drug-likeness (QED) is 0.916. The minimum atomic E-state index is 0.0634. The molecule has 2 aliphatic rings. The zero-order chi connectivity index (χ0) is 16.4. The van der Waals surface area contributed by atoms with Gasteiger partial charge in [0.15, 0.2) is 0 Å². The van der Waals surface area contributed by atoms with Crippen molar-refractivity contribution in [1.29, 1.82) is 0 Å². The summed E-state index contributed by atoms with van der Waals surface area (Å²) in [5.74, 6) is 1.26. The molecule has 0 aliphatic carbocycles. The van der Waals surface area contributed by atoms with E-state index in [4.69, 9.17) is 0 Å². The van der Waals surface area contributed by atoms with Crippen LogP contribution < -0.4 is 5.32 Å². The van der Waals surface area contributed by atoms with E-state index in [1.165, 1.54) is 0 Å². The number of likely N-dealkylation sites (tertiary alicyclic amines) is 1. The summed E-state index contributed by atoms with van der Waals surface area (Å²) in [6.45, 7) is 5.18. The summed E-state index contributed by atoms with van der Waals surface area (Å²) in [6, 6.07) is 0.230. The van der Waals surface area contributed by atoms with E-state index in [-0.39, 0.29) is 23.9 Å². The topological polar surface area (TPSA) is 67.2 Å². The number of nitrogens with one attached hydrogen (secondary N) is 1. The van der Waals surface area contributed by atoms with Crippen LogP contribution in [0.25, 0.3) is 0 Å². The van der Waals surface area contributed by atoms with Gasteiger partial charge in [-0.15, -0.1) is 0 Å². The van der Waals surface area contributed by atoms with Crippen LogP contribution in [-0.4, -0.2) is 44.9 Å². The second-order valence-corrected chi connectivity index (χ2v) is 6.82. The fourth-order valence-electron chi connectivity index (χ4n) is 3.83. The number of amides is 2. The van der Waals surface area contributed by atoms with Crippen molar-refractivity contribution in [2.75, 3.05) is 6.54 Å². The van der Waals surface area contributed by atoms with Gasteiger partial charge in [0.1, 0.15) is 5.82 Å². The van der Waals surface area contributed by atoms with Crippen molar-refractivity contribution in [1.82, 2.24) is 19.8 Å². The van der Waals surface area contributed by atoms with E-state index in [9.17, 15) is 9.59 Å². The zero-order valence-corrected chi connectivity index (χ0v) is 14.0. The predicted molar refractivity (Wildman–Crippen MR) is 86.9 cm³/mol. The average Bonchev–Trinajstić information content (AvgIpc) is 2.86. The minimum Gasteiger partial charge on any atom is -0.351 e. The lowest BCUT2D eigenvalue weighted by Crippen LogP contribution is -2.47. The Labute approximate surface area is 137 Å². The molecule has 2 atom stereocenters. The van der Waals surface area contributed by atoms with Crippen molar-refractivity contribution < 1.29 is 9.59 Å². The van der Waals surface area contributed by atoms with Gasteiger partial charge < -0.3 is 14.8 Å². The molecule has 0 aromatic carbocycles. The largest absolute Gasteiger partial charge is 0.351 e. The molecule has 0 unspecified atom stereocenters. The Kier molecular flexibility index (Phi) is 4.68. The van der Waals surface area contributed by atoms with Crippen LogP contribution in [0.1, 0.15) is 50.5 Å². The van der Waals surface area contributed by atoms with Crippen LogP contribution in [0.4, 0.5) is 0 Å². The molecule has 0 saturated carbocycles. The number of rotatable bonds is 3. The Balaban J connectivity index is 1.54. The zero-order valence-electron chi connectivity index (χ0n) is 14.0. The highest BCUT2D eigenvalue weighted by Crippen LogP contribution is 2.20. The SMILES string of the molecule is CC(=O)N1CCCC[C@H]1CC(=O)N[C@@H]1CCc2nc(C)cn2C1. The summed E-state index contributed by atoms with van der Waals surface area (Å²) >= 11 is 0. The molecule has 0 bridgehead atoms. The van der Waals surface area contributed by atoms with Gasteiger partial charge in [0.05, 0.1) is 5.69 Å². The van der Waals surface area contributed by atoms with Crippen molar-refractivity contribution in [3.05, 3.63) is 17.7 Å². The lowest BCUT2D eigenvalue weighted by atomic mass is 9.98. The van der Waals surface area contributed by atoms with Gasteiger partial charge in [-0.3, -0.25) is 9.59 Å². The number of carbonyl (C=O) groups excluding carboxylic acids is 2. The molecule has 2 aliphatic heterocycles. The Hall–Kier alpha value is -1.85. The van der Waals surface area contributed by atoms with Crippen molar-refractivity contribution in [3.8, 4) is 0 Å². The summed E-state index contributed by atoms with van der Waals surface area (Å²) in [4.78, 5) is 30.5. The van der Waals surface area contributed by atoms with Gasteiger partial charge >= 0.3 is 0 Å². The number of piperidine rings is 1. The summed E-state index contributed by atoms with van der Waals surface area (Å²) in [5, 5.41) is 3.15. The first-order chi connectivity index (χ1) is 11.0. The smallest absolute Gasteiger partial charge is 0.222 e. The van der Waals surface area contributed by atoms with Gasteiger partial charge in [0, 0.05) is 51.1 Å². The van der Waals surface area contributed by atoms with E-state index < -0.39 is 0 Å². The average molecular weight is 318 g/mol. The second kappa shape index (κ2) is 6.72.